The molecule has 0 bridgehead atoms. The Morgan fingerprint density at radius 2 is 2.57 bits per heavy atom. The minimum absolute atomic E-state index is 0.0208. The smallest absolute Gasteiger partial charge is 0.158 e. The fourth-order valence-electron chi connectivity index (χ4n) is 0.417. The molecular weight excluding hydrogens is 90.1 g/mol. The van der Waals surface area contributed by atoms with Gasteiger partial charge < -0.3 is 5.11 Å². The van der Waals surface area contributed by atoms with Gasteiger partial charge >= 0.3 is 0 Å². The maximum absolute atomic E-state index is 8.36. The zero-order valence-electron chi connectivity index (χ0n) is 3.83. The Morgan fingerprint density at radius 3 is 2.86 bits per heavy atom. The zero-order chi connectivity index (χ0) is 5.11. The van der Waals surface area contributed by atoms with Crippen LogP contribution in [0.4, 0.5) is 0 Å². The third-order valence-electron chi connectivity index (χ3n) is 0.755. The molecule has 0 unspecified atom stereocenters. The van der Waals surface area contributed by atoms with Crippen molar-refractivity contribution < 1.29 is 5.11 Å². The quantitative estimate of drug-likeness (QED) is 0.467. The highest BCUT2D eigenvalue weighted by atomic mass is 16.3. The van der Waals surface area contributed by atoms with Crippen molar-refractivity contribution in [2.45, 2.75) is 0 Å². The summed E-state index contributed by atoms with van der Waals surface area (Å²) in [5, 5.41) is 8.36. The van der Waals surface area contributed by atoms with Crippen LogP contribution in [0.1, 0.15) is 0 Å². The SMILES string of the molecule is OCN1[C+]=CC=C1. The molecule has 0 saturated heterocycles. The van der Waals surface area contributed by atoms with Crippen LogP contribution in [-0.2, 0) is 0 Å². The minimum Gasteiger partial charge on any atom is -0.373 e. The van der Waals surface area contributed by atoms with Gasteiger partial charge in [0, 0.05) is 0 Å². The summed E-state index contributed by atoms with van der Waals surface area (Å²) in [5.41, 5.74) is 0. The molecule has 0 aromatic heterocycles. The second kappa shape index (κ2) is 1.73. The number of hydrogen-bond donors (Lipinski definition) is 1. The van der Waals surface area contributed by atoms with Crippen molar-refractivity contribution >= 4 is 0 Å². The van der Waals surface area contributed by atoms with E-state index in [1.165, 1.54) is 0 Å². The maximum atomic E-state index is 8.36. The van der Waals surface area contributed by atoms with Crippen LogP contribution in [0.5, 0.6) is 0 Å². The largest absolute Gasteiger partial charge is 0.373 e. The van der Waals surface area contributed by atoms with Gasteiger partial charge in [0.15, 0.2) is 12.9 Å². The molecule has 1 N–H and O–H groups in total. The van der Waals surface area contributed by atoms with Gasteiger partial charge in [0.05, 0.1) is 0 Å². The van der Waals surface area contributed by atoms with E-state index < -0.39 is 0 Å². The van der Waals surface area contributed by atoms with Gasteiger partial charge in [-0.15, -0.1) is 0 Å². The second-order valence-electron chi connectivity index (χ2n) is 1.25. The third-order valence-corrected chi connectivity index (χ3v) is 0.755. The molecule has 0 aliphatic carbocycles. The minimum atomic E-state index is 0.0208. The second-order valence-corrected chi connectivity index (χ2v) is 1.25. The normalized spacial score (nSPS) is 15.3. The monoisotopic (exact) mass is 96.0 g/mol. The molecule has 1 aliphatic heterocycles. The Hall–Kier alpha value is -0.850. The van der Waals surface area contributed by atoms with Gasteiger partial charge in [-0.3, -0.25) is 0 Å². The average Bonchev–Trinajstić information content (AvgIpc) is 2.14. The molecule has 1 aliphatic rings. The van der Waals surface area contributed by atoms with Crippen molar-refractivity contribution in [2.75, 3.05) is 6.73 Å². The first-order chi connectivity index (χ1) is 3.43. The van der Waals surface area contributed by atoms with Gasteiger partial charge in [-0.1, -0.05) is 0 Å². The summed E-state index contributed by atoms with van der Waals surface area (Å²) in [6.07, 6.45) is 8.07. The Kier molecular flexibility index (Phi) is 1.07. The Bertz CT molecular complexity index is 94.6. The van der Waals surface area contributed by atoms with Crippen molar-refractivity contribution in [3.05, 3.63) is 24.6 Å². The van der Waals surface area contributed by atoms with E-state index in [1.54, 1.807) is 17.2 Å². The van der Waals surface area contributed by atoms with Gasteiger partial charge in [0.2, 0.25) is 0 Å². The van der Waals surface area contributed by atoms with E-state index in [2.05, 4.69) is 6.20 Å². The molecule has 1 rings (SSSR count). The summed E-state index contributed by atoms with van der Waals surface area (Å²) < 4.78 is 0. The maximum Gasteiger partial charge on any atom is 0.158 e. The molecule has 0 fully saturated rings. The lowest BCUT2D eigenvalue weighted by Crippen LogP contribution is -2.07. The molecule has 36 valence electrons. The predicted octanol–water partition coefficient (Wildman–Crippen LogP) is 0.0824. The van der Waals surface area contributed by atoms with Crippen molar-refractivity contribution in [1.29, 1.82) is 0 Å². The lowest BCUT2D eigenvalue weighted by atomic mass is 10.6. The van der Waals surface area contributed by atoms with E-state index in [-0.39, 0.29) is 6.73 Å². The first-order valence-corrected chi connectivity index (χ1v) is 2.07. The van der Waals surface area contributed by atoms with Crippen molar-refractivity contribution in [1.82, 2.24) is 4.90 Å². The highest BCUT2D eigenvalue weighted by molar-refractivity contribution is 5.05. The highest BCUT2D eigenvalue weighted by Gasteiger charge is 2.03. The van der Waals surface area contributed by atoms with Crippen molar-refractivity contribution in [3.8, 4) is 0 Å². The molecule has 0 aromatic rings. The van der Waals surface area contributed by atoms with Crippen LogP contribution in [0.2, 0.25) is 0 Å². The molecule has 2 nitrogen and oxygen atoms in total. The van der Waals surface area contributed by atoms with E-state index in [1.807, 2.05) is 6.08 Å². The number of nitrogens with zero attached hydrogens (tertiary/aromatic N) is 1. The molecule has 7 heavy (non-hydrogen) atoms. The highest BCUT2D eigenvalue weighted by Crippen LogP contribution is 1.95. The van der Waals surface area contributed by atoms with Crippen LogP contribution in [0.25, 0.3) is 0 Å². The topological polar surface area (TPSA) is 23.5 Å². The number of aliphatic hydroxyl groups excluding tert-OH is 1. The fraction of sp³-hybridized carbons (Fsp3) is 0.200. The summed E-state index contributed by atoms with van der Waals surface area (Å²) >= 11 is 0. The van der Waals surface area contributed by atoms with Gasteiger partial charge in [0.1, 0.15) is 18.4 Å². The van der Waals surface area contributed by atoms with Crippen LogP contribution in [0.3, 0.4) is 0 Å². The lowest BCUT2D eigenvalue weighted by molar-refractivity contribution is 0.187. The van der Waals surface area contributed by atoms with E-state index in [0.29, 0.717) is 0 Å². The molecule has 0 aromatic carbocycles. The summed E-state index contributed by atoms with van der Waals surface area (Å²) in [5.74, 6) is 0. The molecule has 0 atom stereocenters. The Labute approximate surface area is 42.4 Å². The standard InChI is InChI=1S/C5H6NO/c7-5-6-3-1-2-4-6/h1-3,7H,5H2/q+1. The number of allylic oxidation sites excluding steroid dienone is 2. The van der Waals surface area contributed by atoms with Crippen LogP contribution in [0, 0.1) is 6.20 Å². The average molecular weight is 96.1 g/mol. The van der Waals surface area contributed by atoms with Crippen molar-refractivity contribution in [2.24, 2.45) is 0 Å². The molecule has 0 amide bonds. The van der Waals surface area contributed by atoms with Gasteiger partial charge in [-0.25, -0.2) is 0 Å². The lowest BCUT2D eigenvalue weighted by Gasteiger charge is -1.92. The summed E-state index contributed by atoms with van der Waals surface area (Å²) in [6.45, 7) is 0.0208. The van der Waals surface area contributed by atoms with Gasteiger partial charge in [-0.05, 0) is 0 Å². The van der Waals surface area contributed by atoms with Crippen LogP contribution >= 0.6 is 0 Å². The Balaban J connectivity index is 2.44. The van der Waals surface area contributed by atoms with Crippen LogP contribution in [-0.4, -0.2) is 16.7 Å². The number of aliphatic hydroxyl groups is 1. The molecule has 1 heterocycles. The van der Waals surface area contributed by atoms with Crippen LogP contribution in [0.15, 0.2) is 18.4 Å². The van der Waals surface area contributed by atoms with Crippen LogP contribution < -0.4 is 0 Å². The zero-order valence-corrected chi connectivity index (χ0v) is 3.83. The van der Waals surface area contributed by atoms with E-state index in [0.717, 1.165) is 0 Å². The Morgan fingerprint density at radius 1 is 1.71 bits per heavy atom. The molecule has 0 saturated carbocycles. The predicted molar refractivity (Wildman–Crippen MR) is 25.9 cm³/mol. The number of hydrogen-bond acceptors (Lipinski definition) is 2. The van der Waals surface area contributed by atoms with Crippen molar-refractivity contribution in [3.63, 3.8) is 0 Å². The number of rotatable bonds is 1. The molecule has 2 heteroatoms. The summed E-state index contributed by atoms with van der Waals surface area (Å²) in [6, 6.07) is 0. The summed E-state index contributed by atoms with van der Waals surface area (Å²) in [4.78, 5) is 1.56. The molecule has 0 radical (unpaired) electrons. The van der Waals surface area contributed by atoms with E-state index >= 15 is 0 Å². The molecule has 0 spiro atoms. The van der Waals surface area contributed by atoms with Gasteiger partial charge in [0.25, 0.3) is 0 Å². The van der Waals surface area contributed by atoms with Gasteiger partial charge in [-0.2, -0.15) is 4.90 Å². The van der Waals surface area contributed by atoms with E-state index in [4.69, 9.17) is 5.11 Å². The fourth-order valence-corrected chi connectivity index (χ4v) is 0.417. The third kappa shape index (κ3) is 0.769. The first-order valence-electron chi connectivity index (χ1n) is 2.07. The first kappa shape index (κ1) is 4.31. The van der Waals surface area contributed by atoms with E-state index in [9.17, 15) is 0 Å². The molecular formula is C5H6NO+. The summed E-state index contributed by atoms with van der Waals surface area (Å²) in [7, 11) is 0.